The number of likely N-dealkylation sites (N-methyl/N-ethyl adjacent to an activating group) is 1. The molecule has 0 unspecified atom stereocenters. The number of aliphatic hydroxyl groups is 1. The number of fused-ring (bicyclic) bond motifs is 1. The van der Waals surface area contributed by atoms with Crippen molar-refractivity contribution in [2.75, 3.05) is 7.05 Å². The van der Waals surface area contributed by atoms with Crippen molar-refractivity contribution < 1.29 is 14.7 Å². The van der Waals surface area contributed by atoms with E-state index in [4.69, 9.17) is 0 Å². The number of rotatable bonds is 3. The van der Waals surface area contributed by atoms with Crippen LogP contribution in [0.5, 0.6) is 0 Å². The van der Waals surface area contributed by atoms with Crippen molar-refractivity contribution in [3.05, 3.63) is 36.0 Å². The minimum atomic E-state index is -0.909. The van der Waals surface area contributed by atoms with Crippen LogP contribution in [0.3, 0.4) is 0 Å². The molecule has 1 aromatic heterocycles. The van der Waals surface area contributed by atoms with Crippen molar-refractivity contribution in [3.8, 4) is 0 Å². The predicted octanol–water partition coefficient (Wildman–Crippen LogP) is 0.417. The molecule has 2 amide bonds. The van der Waals surface area contributed by atoms with Gasteiger partial charge in [-0.1, -0.05) is 18.2 Å². The third kappa shape index (κ3) is 2.35. The van der Waals surface area contributed by atoms with Crippen molar-refractivity contribution in [1.29, 1.82) is 0 Å². The first-order valence-electron chi connectivity index (χ1n) is 7.29. The Morgan fingerprint density at radius 3 is 2.77 bits per heavy atom. The minimum absolute atomic E-state index is 0.238. The van der Waals surface area contributed by atoms with Gasteiger partial charge in [-0.25, -0.2) is 0 Å². The Bertz CT molecular complexity index is 722. The molecular formula is C16H19N3O3. The lowest BCUT2D eigenvalue weighted by Gasteiger charge is -2.37. The lowest BCUT2D eigenvalue weighted by atomic mass is 9.98. The maximum absolute atomic E-state index is 12.3. The Morgan fingerprint density at radius 1 is 1.32 bits per heavy atom. The van der Waals surface area contributed by atoms with Crippen LogP contribution in [0.15, 0.2) is 30.5 Å². The number of nitrogens with zero attached hydrogens (tertiary/aromatic N) is 1. The van der Waals surface area contributed by atoms with Gasteiger partial charge in [0.2, 0.25) is 11.8 Å². The molecule has 2 heterocycles. The number of hydrogen-bond donors (Lipinski definition) is 3. The molecule has 1 saturated heterocycles. The van der Waals surface area contributed by atoms with Gasteiger partial charge in [-0.2, -0.15) is 0 Å². The normalized spacial score (nSPS) is 23.7. The molecule has 1 fully saturated rings. The topological polar surface area (TPSA) is 85.4 Å². The lowest BCUT2D eigenvalue weighted by molar-refractivity contribution is -0.150. The second kappa shape index (κ2) is 5.46. The average Bonchev–Trinajstić information content (AvgIpc) is 2.90. The van der Waals surface area contributed by atoms with Gasteiger partial charge in [0.1, 0.15) is 12.1 Å². The highest BCUT2D eigenvalue weighted by Gasteiger charge is 2.40. The minimum Gasteiger partial charge on any atom is -0.391 e. The van der Waals surface area contributed by atoms with Crippen molar-refractivity contribution in [2.45, 2.75) is 31.5 Å². The number of carbonyl (C=O) groups is 2. The molecule has 3 atom stereocenters. The number of H-pyrrole nitrogens is 1. The second-order valence-electron chi connectivity index (χ2n) is 5.76. The van der Waals surface area contributed by atoms with Gasteiger partial charge in [0, 0.05) is 30.6 Å². The standard InChI is InChI=1S/C16H19N3O3/c1-9(20)14-16(22)19(2)13(15(21)18-14)7-10-8-17-12-6-4-3-5-11(10)12/h3-6,8-9,13-14,17,20H,7H2,1-2H3,(H,18,21)/t9-,13+,14+/m1/s1. The summed E-state index contributed by atoms with van der Waals surface area (Å²) in [4.78, 5) is 29.2. The molecule has 0 aliphatic carbocycles. The van der Waals surface area contributed by atoms with Gasteiger partial charge in [-0.3, -0.25) is 9.59 Å². The number of aliphatic hydroxyl groups excluding tert-OH is 1. The third-order valence-corrected chi connectivity index (χ3v) is 4.25. The zero-order valence-electron chi connectivity index (χ0n) is 12.5. The molecule has 0 saturated carbocycles. The van der Waals surface area contributed by atoms with Crippen molar-refractivity contribution in [2.24, 2.45) is 0 Å². The Balaban J connectivity index is 1.86. The summed E-state index contributed by atoms with van der Waals surface area (Å²) in [7, 11) is 1.61. The summed E-state index contributed by atoms with van der Waals surface area (Å²) in [5.74, 6) is -0.502. The SMILES string of the molecule is C[C@@H](O)[C@@H]1NC(=O)[C@H](Cc2c[nH]c3ccccc23)N(C)C1=O. The zero-order valence-corrected chi connectivity index (χ0v) is 12.5. The Hall–Kier alpha value is -2.34. The first-order valence-corrected chi connectivity index (χ1v) is 7.29. The number of amides is 2. The zero-order chi connectivity index (χ0) is 15.9. The number of aromatic amines is 1. The molecule has 3 rings (SSSR count). The monoisotopic (exact) mass is 301 g/mol. The average molecular weight is 301 g/mol. The quantitative estimate of drug-likeness (QED) is 0.768. The summed E-state index contributed by atoms with van der Waals surface area (Å²) >= 11 is 0. The number of carbonyl (C=O) groups excluding carboxylic acids is 2. The van der Waals surface area contributed by atoms with Crippen LogP contribution in [0.25, 0.3) is 10.9 Å². The highest BCUT2D eigenvalue weighted by molar-refractivity contribution is 5.97. The van der Waals surface area contributed by atoms with E-state index in [1.165, 1.54) is 11.8 Å². The molecule has 3 N–H and O–H groups in total. The van der Waals surface area contributed by atoms with E-state index >= 15 is 0 Å². The van der Waals surface area contributed by atoms with Crippen LogP contribution in [0, 0.1) is 0 Å². The molecule has 6 nitrogen and oxygen atoms in total. The molecular weight excluding hydrogens is 282 g/mol. The Morgan fingerprint density at radius 2 is 2.05 bits per heavy atom. The van der Waals surface area contributed by atoms with E-state index in [1.807, 2.05) is 30.5 Å². The first-order chi connectivity index (χ1) is 10.5. The summed E-state index contributed by atoms with van der Waals surface area (Å²) in [6.45, 7) is 1.50. The van der Waals surface area contributed by atoms with Gasteiger partial charge in [0.15, 0.2) is 0 Å². The number of piperazine rings is 1. The molecule has 6 heteroatoms. The van der Waals surface area contributed by atoms with E-state index in [0.717, 1.165) is 16.5 Å². The fraction of sp³-hybridized carbons (Fsp3) is 0.375. The van der Waals surface area contributed by atoms with Crippen LogP contribution in [0.2, 0.25) is 0 Å². The number of benzene rings is 1. The van der Waals surface area contributed by atoms with Gasteiger partial charge in [0.25, 0.3) is 0 Å². The molecule has 1 aliphatic rings. The van der Waals surface area contributed by atoms with E-state index in [9.17, 15) is 14.7 Å². The summed E-state index contributed by atoms with van der Waals surface area (Å²) in [6, 6.07) is 6.41. The predicted molar refractivity (Wildman–Crippen MR) is 82.2 cm³/mol. The number of aromatic nitrogens is 1. The second-order valence-corrected chi connectivity index (χ2v) is 5.76. The van der Waals surface area contributed by atoms with Crippen molar-refractivity contribution in [3.63, 3.8) is 0 Å². The van der Waals surface area contributed by atoms with Crippen LogP contribution in [0.1, 0.15) is 12.5 Å². The first kappa shape index (κ1) is 14.6. The molecule has 2 aromatic rings. The number of para-hydroxylation sites is 1. The fourth-order valence-electron chi connectivity index (χ4n) is 2.93. The Labute approximate surface area is 128 Å². The summed E-state index contributed by atoms with van der Waals surface area (Å²) in [6.07, 6.45) is 1.40. The van der Waals surface area contributed by atoms with Gasteiger partial charge in [-0.15, -0.1) is 0 Å². The molecule has 0 radical (unpaired) electrons. The highest BCUT2D eigenvalue weighted by Crippen LogP contribution is 2.22. The van der Waals surface area contributed by atoms with Gasteiger partial charge >= 0.3 is 0 Å². The fourth-order valence-corrected chi connectivity index (χ4v) is 2.93. The smallest absolute Gasteiger partial charge is 0.248 e. The summed E-state index contributed by atoms with van der Waals surface area (Å²) in [5, 5.41) is 13.3. The number of nitrogens with one attached hydrogen (secondary N) is 2. The van der Waals surface area contributed by atoms with Crippen LogP contribution in [-0.2, 0) is 16.0 Å². The molecule has 0 spiro atoms. The Kier molecular flexibility index (Phi) is 3.62. The van der Waals surface area contributed by atoms with Crippen LogP contribution < -0.4 is 5.32 Å². The molecule has 22 heavy (non-hydrogen) atoms. The van der Waals surface area contributed by atoms with E-state index < -0.39 is 18.2 Å². The largest absolute Gasteiger partial charge is 0.391 e. The van der Waals surface area contributed by atoms with Crippen LogP contribution >= 0.6 is 0 Å². The molecule has 1 aromatic carbocycles. The van der Waals surface area contributed by atoms with E-state index in [1.54, 1.807) is 7.05 Å². The summed E-state index contributed by atoms with van der Waals surface area (Å²) < 4.78 is 0. The lowest BCUT2D eigenvalue weighted by Crippen LogP contribution is -2.65. The van der Waals surface area contributed by atoms with Gasteiger partial charge < -0.3 is 20.3 Å². The molecule has 1 aliphatic heterocycles. The highest BCUT2D eigenvalue weighted by atomic mass is 16.3. The molecule has 116 valence electrons. The van der Waals surface area contributed by atoms with Gasteiger partial charge in [-0.05, 0) is 18.6 Å². The maximum Gasteiger partial charge on any atom is 0.248 e. The van der Waals surface area contributed by atoms with Crippen LogP contribution in [0.4, 0.5) is 0 Å². The maximum atomic E-state index is 12.3. The van der Waals surface area contributed by atoms with Crippen molar-refractivity contribution in [1.82, 2.24) is 15.2 Å². The van der Waals surface area contributed by atoms with E-state index in [-0.39, 0.29) is 11.8 Å². The third-order valence-electron chi connectivity index (χ3n) is 4.25. The summed E-state index contributed by atoms with van der Waals surface area (Å²) in [5.41, 5.74) is 2.00. The molecule has 0 bridgehead atoms. The van der Waals surface area contributed by atoms with Crippen LogP contribution in [-0.4, -0.2) is 52.0 Å². The number of hydrogen-bond acceptors (Lipinski definition) is 3. The van der Waals surface area contributed by atoms with E-state index in [2.05, 4.69) is 10.3 Å². The van der Waals surface area contributed by atoms with E-state index in [0.29, 0.717) is 6.42 Å². The van der Waals surface area contributed by atoms with Gasteiger partial charge in [0.05, 0.1) is 6.10 Å². The van der Waals surface area contributed by atoms with Crippen molar-refractivity contribution >= 4 is 22.7 Å².